The van der Waals surface area contributed by atoms with Gasteiger partial charge in [-0.3, -0.25) is 4.98 Å². The van der Waals surface area contributed by atoms with Crippen LogP contribution in [-0.4, -0.2) is 15.0 Å². The van der Waals surface area contributed by atoms with E-state index in [-0.39, 0.29) is 0 Å². The van der Waals surface area contributed by atoms with E-state index in [1.165, 1.54) is 0 Å². The first-order valence-corrected chi connectivity index (χ1v) is 6.63. The van der Waals surface area contributed by atoms with E-state index in [1.807, 2.05) is 30.3 Å². The summed E-state index contributed by atoms with van der Waals surface area (Å²) in [6.45, 7) is 0. The summed E-state index contributed by atoms with van der Waals surface area (Å²) in [7, 11) is 0. The number of nitrogens with one attached hydrogen (secondary N) is 1. The summed E-state index contributed by atoms with van der Waals surface area (Å²) in [6, 6.07) is 13.9. The monoisotopic (exact) mass is 277 g/mol. The molecule has 0 aliphatic rings. The van der Waals surface area contributed by atoms with Crippen molar-refractivity contribution in [2.75, 3.05) is 5.43 Å². The number of rotatable bonds is 4. The Hall–Kier alpha value is -2.79. The zero-order valence-corrected chi connectivity index (χ0v) is 11.4. The fraction of sp³-hybridized carbons (Fsp3) is 0.0625. The van der Waals surface area contributed by atoms with Crippen molar-refractivity contribution in [2.24, 2.45) is 5.84 Å². The molecule has 0 saturated heterocycles. The highest BCUT2D eigenvalue weighted by atomic mass is 15.3. The molecule has 104 valence electrons. The Kier molecular flexibility index (Phi) is 3.84. The average Bonchev–Trinajstić information content (AvgIpc) is 2.56. The Labute approximate surface area is 122 Å². The molecule has 3 rings (SSSR count). The van der Waals surface area contributed by atoms with Crippen LogP contribution in [0.2, 0.25) is 0 Å². The van der Waals surface area contributed by atoms with Crippen LogP contribution in [0.15, 0.2) is 61.1 Å². The molecule has 5 nitrogen and oxygen atoms in total. The largest absolute Gasteiger partial charge is 0.307 e. The number of nitrogens with two attached hydrogens (primary N) is 1. The SMILES string of the molecule is NNc1ncc(-c2cccnc2)nc1Cc1ccccc1. The molecular weight excluding hydrogens is 262 g/mol. The van der Waals surface area contributed by atoms with Crippen LogP contribution >= 0.6 is 0 Å². The minimum absolute atomic E-state index is 0.589. The van der Waals surface area contributed by atoms with Crippen LogP contribution in [0.3, 0.4) is 0 Å². The van der Waals surface area contributed by atoms with Crippen molar-refractivity contribution < 1.29 is 0 Å². The number of anilines is 1. The predicted molar refractivity (Wildman–Crippen MR) is 82.3 cm³/mol. The standard InChI is InChI=1S/C16H15N5/c17-21-16-14(9-12-5-2-1-3-6-12)20-15(11-19-16)13-7-4-8-18-10-13/h1-8,10-11H,9,17H2,(H,19,21). The van der Waals surface area contributed by atoms with Crippen LogP contribution in [0.25, 0.3) is 11.3 Å². The molecule has 0 aliphatic carbocycles. The third-order valence-electron chi connectivity index (χ3n) is 3.15. The highest BCUT2D eigenvalue weighted by Crippen LogP contribution is 2.20. The lowest BCUT2D eigenvalue weighted by molar-refractivity contribution is 1.02. The number of hydrazine groups is 1. The summed E-state index contributed by atoms with van der Waals surface area (Å²) in [5.74, 6) is 6.12. The molecule has 2 aromatic heterocycles. The van der Waals surface area contributed by atoms with Crippen molar-refractivity contribution in [3.63, 3.8) is 0 Å². The first-order chi connectivity index (χ1) is 10.4. The van der Waals surface area contributed by atoms with E-state index in [0.717, 1.165) is 22.5 Å². The van der Waals surface area contributed by atoms with Gasteiger partial charge < -0.3 is 5.43 Å². The topological polar surface area (TPSA) is 76.7 Å². The van der Waals surface area contributed by atoms with E-state index in [1.54, 1.807) is 18.6 Å². The Morgan fingerprint density at radius 3 is 2.57 bits per heavy atom. The molecule has 0 spiro atoms. The van der Waals surface area contributed by atoms with E-state index in [4.69, 9.17) is 5.84 Å². The third kappa shape index (κ3) is 3.04. The molecule has 1 aromatic carbocycles. The molecule has 0 radical (unpaired) electrons. The lowest BCUT2D eigenvalue weighted by atomic mass is 10.1. The van der Waals surface area contributed by atoms with E-state index in [2.05, 4.69) is 32.5 Å². The van der Waals surface area contributed by atoms with Crippen molar-refractivity contribution in [2.45, 2.75) is 6.42 Å². The normalized spacial score (nSPS) is 10.3. The Bertz CT molecular complexity index is 713. The van der Waals surface area contributed by atoms with Gasteiger partial charge in [-0.2, -0.15) is 0 Å². The highest BCUT2D eigenvalue weighted by Gasteiger charge is 2.09. The number of benzene rings is 1. The van der Waals surface area contributed by atoms with Gasteiger partial charge in [0.15, 0.2) is 5.82 Å². The number of hydrogen-bond donors (Lipinski definition) is 2. The fourth-order valence-electron chi connectivity index (χ4n) is 2.11. The molecule has 3 N–H and O–H groups in total. The molecule has 21 heavy (non-hydrogen) atoms. The molecule has 0 saturated carbocycles. The van der Waals surface area contributed by atoms with E-state index in [9.17, 15) is 0 Å². The summed E-state index contributed by atoms with van der Waals surface area (Å²) in [6.07, 6.45) is 5.87. The molecule has 0 atom stereocenters. The number of hydrogen-bond acceptors (Lipinski definition) is 5. The molecule has 0 bridgehead atoms. The van der Waals surface area contributed by atoms with Gasteiger partial charge in [-0.1, -0.05) is 30.3 Å². The van der Waals surface area contributed by atoms with Gasteiger partial charge in [0, 0.05) is 24.4 Å². The minimum Gasteiger partial charge on any atom is -0.307 e. The van der Waals surface area contributed by atoms with Gasteiger partial charge in [0.25, 0.3) is 0 Å². The van der Waals surface area contributed by atoms with Crippen molar-refractivity contribution in [1.29, 1.82) is 0 Å². The summed E-state index contributed by atoms with van der Waals surface area (Å²) in [5.41, 5.74) is 6.29. The highest BCUT2D eigenvalue weighted by molar-refractivity contribution is 5.59. The molecule has 3 aromatic rings. The summed E-state index contributed by atoms with van der Waals surface area (Å²) in [5, 5.41) is 0. The molecule has 0 unspecified atom stereocenters. The lowest BCUT2D eigenvalue weighted by Crippen LogP contribution is -2.13. The van der Waals surface area contributed by atoms with Crippen LogP contribution in [0.5, 0.6) is 0 Å². The number of nitrogen functional groups attached to an aromatic ring is 1. The Morgan fingerprint density at radius 2 is 1.86 bits per heavy atom. The van der Waals surface area contributed by atoms with Crippen molar-refractivity contribution >= 4 is 5.82 Å². The smallest absolute Gasteiger partial charge is 0.162 e. The van der Waals surface area contributed by atoms with Crippen molar-refractivity contribution in [1.82, 2.24) is 15.0 Å². The predicted octanol–water partition coefficient (Wildman–Crippen LogP) is 2.42. The third-order valence-corrected chi connectivity index (χ3v) is 3.15. The molecule has 2 heterocycles. The van der Waals surface area contributed by atoms with Gasteiger partial charge in [-0.05, 0) is 17.7 Å². The zero-order chi connectivity index (χ0) is 14.5. The van der Waals surface area contributed by atoms with Crippen molar-refractivity contribution in [3.05, 3.63) is 72.3 Å². The van der Waals surface area contributed by atoms with Gasteiger partial charge in [-0.15, -0.1) is 0 Å². The maximum atomic E-state index is 5.53. The first-order valence-electron chi connectivity index (χ1n) is 6.63. The first kappa shape index (κ1) is 13.2. The van der Waals surface area contributed by atoms with Crippen LogP contribution < -0.4 is 11.3 Å². The van der Waals surface area contributed by atoms with E-state index >= 15 is 0 Å². The second-order valence-electron chi connectivity index (χ2n) is 4.60. The fourth-order valence-corrected chi connectivity index (χ4v) is 2.11. The maximum Gasteiger partial charge on any atom is 0.162 e. The molecule has 0 amide bonds. The van der Waals surface area contributed by atoms with Gasteiger partial charge in [0.05, 0.1) is 17.6 Å². The molecular formula is C16H15N5. The van der Waals surface area contributed by atoms with E-state index < -0.39 is 0 Å². The van der Waals surface area contributed by atoms with Crippen LogP contribution in [0, 0.1) is 0 Å². The van der Waals surface area contributed by atoms with Gasteiger partial charge >= 0.3 is 0 Å². The number of nitrogens with zero attached hydrogens (tertiary/aromatic N) is 3. The minimum atomic E-state index is 0.589. The summed E-state index contributed by atoms with van der Waals surface area (Å²) in [4.78, 5) is 13.1. The quantitative estimate of drug-likeness (QED) is 0.565. The molecule has 0 fully saturated rings. The van der Waals surface area contributed by atoms with E-state index in [0.29, 0.717) is 12.2 Å². The van der Waals surface area contributed by atoms with Gasteiger partial charge in [0.1, 0.15) is 0 Å². The number of pyridine rings is 1. The summed E-state index contributed by atoms with van der Waals surface area (Å²) < 4.78 is 0. The average molecular weight is 277 g/mol. The van der Waals surface area contributed by atoms with Crippen LogP contribution in [-0.2, 0) is 6.42 Å². The van der Waals surface area contributed by atoms with Crippen LogP contribution in [0.4, 0.5) is 5.82 Å². The second-order valence-corrected chi connectivity index (χ2v) is 4.60. The molecule has 5 heteroatoms. The molecule has 0 aliphatic heterocycles. The lowest BCUT2D eigenvalue weighted by Gasteiger charge is -2.09. The van der Waals surface area contributed by atoms with Gasteiger partial charge in [0.2, 0.25) is 0 Å². The van der Waals surface area contributed by atoms with Crippen molar-refractivity contribution in [3.8, 4) is 11.3 Å². The maximum absolute atomic E-state index is 5.53. The number of aromatic nitrogens is 3. The Morgan fingerprint density at radius 1 is 1.00 bits per heavy atom. The zero-order valence-electron chi connectivity index (χ0n) is 11.4. The van der Waals surface area contributed by atoms with Crippen LogP contribution in [0.1, 0.15) is 11.3 Å². The Balaban J connectivity index is 1.98. The summed E-state index contributed by atoms with van der Waals surface area (Å²) >= 11 is 0. The van der Waals surface area contributed by atoms with Gasteiger partial charge in [-0.25, -0.2) is 15.8 Å². The second kappa shape index (κ2) is 6.11.